The number of carbonyl (C=O) groups excluding carboxylic acids is 3. The van der Waals surface area contributed by atoms with Gasteiger partial charge in [-0.15, -0.1) is 0 Å². The van der Waals surface area contributed by atoms with Gasteiger partial charge in [0.1, 0.15) is 23.9 Å². The molecule has 3 aromatic carbocycles. The summed E-state index contributed by atoms with van der Waals surface area (Å²) in [6.45, 7) is 6.38. The lowest BCUT2D eigenvalue weighted by Crippen LogP contribution is -2.29. The van der Waals surface area contributed by atoms with E-state index in [1.807, 2.05) is 44.0 Å². The Hall–Kier alpha value is -4.59. The molecule has 0 saturated carbocycles. The number of amides is 1. The molecule has 2 aliphatic heterocycles. The van der Waals surface area contributed by atoms with Gasteiger partial charge in [-0.3, -0.25) is 19.3 Å². The molecule has 1 unspecified atom stereocenters. The van der Waals surface area contributed by atoms with Gasteiger partial charge in [0.15, 0.2) is 0 Å². The molecule has 5 rings (SSSR count). The highest BCUT2D eigenvalue weighted by Gasteiger charge is 2.47. The molecule has 1 amide bonds. The molecule has 194 valence electrons. The third-order valence-corrected chi connectivity index (χ3v) is 6.71. The predicted molar refractivity (Wildman–Crippen MR) is 144 cm³/mol. The molecule has 1 N–H and O–H groups in total. The van der Waals surface area contributed by atoms with Gasteiger partial charge in [0.25, 0.3) is 11.7 Å². The average Bonchev–Trinajstić information content (AvgIpc) is 3.13. The number of benzene rings is 3. The topological polar surface area (TPSA) is 96.4 Å². The summed E-state index contributed by atoms with van der Waals surface area (Å²) in [5.74, 6) is -1.22. The molecule has 0 aliphatic carbocycles. The van der Waals surface area contributed by atoms with Gasteiger partial charge in [-0.1, -0.05) is 18.2 Å². The normalized spacial score (nSPS) is 18.3. The van der Waals surface area contributed by atoms with Crippen LogP contribution in [-0.2, 0) is 14.4 Å². The highest BCUT2D eigenvalue weighted by atomic mass is 16.5. The maximum absolute atomic E-state index is 13.5. The molecule has 38 heavy (non-hydrogen) atoms. The lowest BCUT2D eigenvalue weighted by Gasteiger charge is -2.28. The molecule has 0 spiro atoms. The van der Waals surface area contributed by atoms with Gasteiger partial charge in [0, 0.05) is 25.2 Å². The van der Waals surface area contributed by atoms with Gasteiger partial charge in [0.2, 0.25) is 0 Å². The fourth-order valence-corrected chi connectivity index (χ4v) is 5.04. The number of carbonyl (C=O) groups is 3. The Bertz CT molecular complexity index is 1470. The zero-order valence-electron chi connectivity index (χ0n) is 21.6. The van der Waals surface area contributed by atoms with Crippen molar-refractivity contribution in [3.63, 3.8) is 0 Å². The van der Waals surface area contributed by atoms with Gasteiger partial charge < -0.3 is 19.5 Å². The van der Waals surface area contributed by atoms with Crippen molar-refractivity contribution < 1.29 is 29.0 Å². The first kappa shape index (κ1) is 25.1. The number of rotatable bonds is 4. The summed E-state index contributed by atoms with van der Waals surface area (Å²) < 4.78 is 10.9. The lowest BCUT2D eigenvalue weighted by atomic mass is 9.94. The SMILES string of the molecule is CC(=O)Oc1ccc(C2/C(=C(/O)c3ccc4c(c3)N(C)CCO4)C(=O)C(=O)N2c2cc(C)cc(C)c2)cc1. The average molecular weight is 513 g/mol. The summed E-state index contributed by atoms with van der Waals surface area (Å²) in [4.78, 5) is 41.8. The van der Waals surface area contributed by atoms with E-state index in [2.05, 4.69) is 0 Å². The number of hydrogen-bond donors (Lipinski definition) is 1. The largest absolute Gasteiger partial charge is 0.507 e. The van der Waals surface area contributed by atoms with E-state index in [0.29, 0.717) is 41.5 Å². The number of likely N-dealkylation sites (N-methyl/N-ethyl adjacent to an activating group) is 1. The van der Waals surface area contributed by atoms with E-state index >= 15 is 0 Å². The van der Waals surface area contributed by atoms with Gasteiger partial charge in [-0.2, -0.15) is 0 Å². The van der Waals surface area contributed by atoms with Crippen LogP contribution in [0.1, 0.15) is 35.2 Å². The maximum Gasteiger partial charge on any atom is 0.308 e. The summed E-state index contributed by atoms with van der Waals surface area (Å²) in [6.07, 6.45) is 0. The molecule has 2 aliphatic rings. The molecule has 2 heterocycles. The zero-order valence-corrected chi connectivity index (χ0v) is 21.6. The minimum absolute atomic E-state index is 0.0197. The number of anilines is 2. The summed E-state index contributed by atoms with van der Waals surface area (Å²) in [5.41, 5.74) is 4.17. The molecular weight excluding hydrogens is 484 g/mol. The Morgan fingerprint density at radius 2 is 1.68 bits per heavy atom. The molecule has 8 heteroatoms. The molecule has 0 aromatic heterocycles. The van der Waals surface area contributed by atoms with Crippen LogP contribution in [0.4, 0.5) is 11.4 Å². The van der Waals surface area contributed by atoms with Crippen LogP contribution in [0.25, 0.3) is 5.76 Å². The van der Waals surface area contributed by atoms with E-state index in [0.717, 1.165) is 16.8 Å². The number of hydrogen-bond acceptors (Lipinski definition) is 7. The number of ketones is 1. The predicted octanol–water partition coefficient (Wildman–Crippen LogP) is 4.68. The first-order valence-electron chi connectivity index (χ1n) is 12.3. The number of aryl methyl sites for hydroxylation is 2. The summed E-state index contributed by atoms with van der Waals surface area (Å²) in [5, 5.41) is 11.5. The van der Waals surface area contributed by atoms with Gasteiger partial charge >= 0.3 is 5.97 Å². The van der Waals surface area contributed by atoms with Gasteiger partial charge in [0.05, 0.1) is 23.8 Å². The van der Waals surface area contributed by atoms with Crippen LogP contribution < -0.4 is 19.3 Å². The van der Waals surface area contributed by atoms with Crippen molar-refractivity contribution in [1.29, 1.82) is 0 Å². The Labute approximate surface area is 220 Å². The first-order valence-corrected chi connectivity index (χ1v) is 12.3. The van der Waals surface area contributed by atoms with Crippen molar-refractivity contribution in [2.75, 3.05) is 30.0 Å². The monoisotopic (exact) mass is 512 g/mol. The van der Waals surface area contributed by atoms with Gasteiger partial charge in [-0.25, -0.2) is 0 Å². The van der Waals surface area contributed by atoms with Crippen LogP contribution in [-0.4, -0.2) is 43.0 Å². The third kappa shape index (κ3) is 4.49. The van der Waals surface area contributed by atoms with Crippen LogP contribution >= 0.6 is 0 Å². The van der Waals surface area contributed by atoms with Crippen molar-refractivity contribution in [2.24, 2.45) is 0 Å². The number of fused-ring (bicyclic) bond motifs is 1. The summed E-state index contributed by atoms with van der Waals surface area (Å²) >= 11 is 0. The highest BCUT2D eigenvalue weighted by molar-refractivity contribution is 6.51. The number of esters is 1. The zero-order chi connectivity index (χ0) is 27.1. The van der Waals surface area contributed by atoms with Crippen molar-refractivity contribution >= 4 is 34.8 Å². The quantitative estimate of drug-likeness (QED) is 0.178. The summed E-state index contributed by atoms with van der Waals surface area (Å²) in [7, 11) is 1.93. The van der Waals surface area contributed by atoms with E-state index in [1.165, 1.54) is 11.8 Å². The second kappa shape index (κ2) is 9.70. The van der Waals surface area contributed by atoms with Gasteiger partial charge in [-0.05, 0) is 73.0 Å². The number of ether oxygens (including phenoxy) is 2. The number of aliphatic hydroxyl groups is 1. The van der Waals surface area contributed by atoms with E-state index in [9.17, 15) is 19.5 Å². The van der Waals surface area contributed by atoms with Crippen molar-refractivity contribution in [3.8, 4) is 11.5 Å². The molecule has 3 aromatic rings. The second-order valence-electron chi connectivity index (χ2n) is 9.63. The standard InChI is InChI=1S/C30H28N2O6/c1-17-13-18(2)15-22(14-17)32-27(20-5-8-23(9-6-20)38-19(3)33)26(29(35)30(32)36)28(34)21-7-10-25-24(16-21)31(4)11-12-37-25/h5-10,13-16,27,34H,11-12H2,1-4H3/b28-26-. The van der Waals surface area contributed by atoms with Crippen LogP contribution in [0.2, 0.25) is 0 Å². The van der Waals surface area contributed by atoms with E-state index in [4.69, 9.17) is 9.47 Å². The van der Waals surface area contributed by atoms with E-state index in [-0.39, 0.29) is 11.3 Å². The van der Waals surface area contributed by atoms with Crippen LogP contribution in [0, 0.1) is 13.8 Å². The molecular formula is C30H28N2O6. The Morgan fingerprint density at radius 3 is 2.34 bits per heavy atom. The van der Waals surface area contributed by atoms with Crippen LogP contribution in [0.15, 0.2) is 66.2 Å². The molecule has 1 fully saturated rings. The first-order chi connectivity index (χ1) is 18.1. The second-order valence-corrected chi connectivity index (χ2v) is 9.63. The van der Waals surface area contributed by atoms with Crippen molar-refractivity contribution in [3.05, 3.63) is 88.5 Å². The Kier molecular flexibility index (Phi) is 6.40. The summed E-state index contributed by atoms with van der Waals surface area (Å²) in [6, 6.07) is 16.5. The fourth-order valence-electron chi connectivity index (χ4n) is 5.04. The van der Waals surface area contributed by atoms with Crippen molar-refractivity contribution in [2.45, 2.75) is 26.8 Å². The smallest absolute Gasteiger partial charge is 0.308 e. The van der Waals surface area contributed by atoms with Crippen molar-refractivity contribution in [1.82, 2.24) is 0 Å². The molecule has 8 nitrogen and oxygen atoms in total. The molecule has 0 radical (unpaired) electrons. The van der Waals surface area contributed by atoms with E-state index < -0.39 is 23.7 Å². The number of aliphatic hydroxyl groups excluding tert-OH is 1. The number of nitrogens with zero attached hydrogens (tertiary/aromatic N) is 2. The van der Waals surface area contributed by atoms with Crippen LogP contribution in [0.3, 0.4) is 0 Å². The maximum atomic E-state index is 13.5. The molecule has 0 bridgehead atoms. The molecule has 1 atom stereocenters. The fraction of sp³-hybridized carbons (Fsp3) is 0.233. The Balaban J connectivity index is 1.68. The third-order valence-electron chi connectivity index (χ3n) is 6.71. The highest BCUT2D eigenvalue weighted by Crippen LogP contribution is 2.44. The minimum atomic E-state index is -0.896. The lowest BCUT2D eigenvalue weighted by molar-refractivity contribution is -0.132. The number of Topliss-reactive ketones (excluding diaryl/α,β-unsaturated/α-hetero) is 1. The van der Waals surface area contributed by atoms with Crippen LogP contribution in [0.5, 0.6) is 11.5 Å². The van der Waals surface area contributed by atoms with E-state index in [1.54, 1.807) is 42.5 Å². The minimum Gasteiger partial charge on any atom is -0.507 e. The Morgan fingerprint density at radius 1 is 1.00 bits per heavy atom. The molecule has 1 saturated heterocycles.